The maximum Gasteiger partial charge on any atom is 0.292 e. The van der Waals surface area contributed by atoms with E-state index in [4.69, 9.17) is 12.2 Å². The first-order valence-corrected chi connectivity index (χ1v) is 12.0. The van der Waals surface area contributed by atoms with Crippen molar-refractivity contribution in [3.63, 3.8) is 0 Å². The summed E-state index contributed by atoms with van der Waals surface area (Å²) < 4.78 is 0. The summed E-state index contributed by atoms with van der Waals surface area (Å²) in [4.78, 5) is 29.9. The minimum absolute atomic E-state index is 0.164. The average molecular weight is 480 g/mol. The monoisotopic (exact) mass is 479 g/mol. The SMILES string of the molecule is O=C(C=Cc1ccccc1)NC(=S)N1CCN(c2ccc([N+](=O)[O-])c(N3CCCCC3)c2)CC1. The molecule has 34 heavy (non-hydrogen) atoms. The van der Waals surface area contributed by atoms with Gasteiger partial charge >= 0.3 is 0 Å². The summed E-state index contributed by atoms with van der Waals surface area (Å²) in [5.41, 5.74) is 2.80. The van der Waals surface area contributed by atoms with Gasteiger partial charge in [0.05, 0.1) is 4.92 Å². The van der Waals surface area contributed by atoms with Gasteiger partial charge in [0.2, 0.25) is 5.91 Å². The first kappa shape index (κ1) is 23.7. The number of nitro groups is 1. The molecular weight excluding hydrogens is 450 g/mol. The minimum Gasteiger partial charge on any atom is -0.368 e. The summed E-state index contributed by atoms with van der Waals surface area (Å²) in [5.74, 6) is -0.252. The van der Waals surface area contributed by atoms with E-state index in [0.717, 1.165) is 37.2 Å². The van der Waals surface area contributed by atoms with Crippen molar-refractivity contribution in [2.75, 3.05) is 49.1 Å². The molecule has 1 amide bonds. The number of nitrogens with one attached hydrogen (secondary N) is 1. The zero-order chi connectivity index (χ0) is 23.9. The number of thiocarbonyl (C=S) groups is 1. The van der Waals surface area contributed by atoms with Gasteiger partial charge in [-0.05, 0) is 55.3 Å². The molecule has 0 atom stereocenters. The summed E-state index contributed by atoms with van der Waals surface area (Å²) in [7, 11) is 0. The maximum absolute atomic E-state index is 12.2. The van der Waals surface area contributed by atoms with E-state index < -0.39 is 0 Å². The lowest BCUT2D eigenvalue weighted by Crippen LogP contribution is -2.52. The van der Waals surface area contributed by atoms with E-state index in [1.54, 1.807) is 12.1 Å². The third-order valence-electron chi connectivity index (χ3n) is 6.24. The first-order chi connectivity index (χ1) is 16.5. The number of nitro benzene ring substituents is 1. The molecule has 2 saturated heterocycles. The topological polar surface area (TPSA) is 82.0 Å². The predicted molar refractivity (Wildman–Crippen MR) is 139 cm³/mol. The third-order valence-corrected chi connectivity index (χ3v) is 6.60. The van der Waals surface area contributed by atoms with Crippen LogP contribution in [0.5, 0.6) is 0 Å². The molecular formula is C25H29N5O3S. The lowest BCUT2D eigenvalue weighted by molar-refractivity contribution is -0.384. The number of amides is 1. The minimum atomic E-state index is -0.293. The highest BCUT2D eigenvalue weighted by Gasteiger charge is 2.25. The molecule has 0 radical (unpaired) electrons. The molecule has 0 bridgehead atoms. The first-order valence-electron chi connectivity index (χ1n) is 11.6. The van der Waals surface area contributed by atoms with Gasteiger partial charge in [-0.1, -0.05) is 30.3 Å². The smallest absolute Gasteiger partial charge is 0.292 e. The second-order valence-corrected chi connectivity index (χ2v) is 8.88. The highest BCUT2D eigenvalue weighted by Crippen LogP contribution is 2.34. The van der Waals surface area contributed by atoms with Crippen LogP contribution in [0.2, 0.25) is 0 Å². The number of hydrogen-bond donors (Lipinski definition) is 1. The lowest BCUT2D eigenvalue weighted by Gasteiger charge is -2.37. The molecule has 8 nitrogen and oxygen atoms in total. The molecule has 1 N–H and O–H groups in total. The van der Waals surface area contributed by atoms with Crippen molar-refractivity contribution in [3.8, 4) is 0 Å². The Labute approximate surface area is 205 Å². The molecule has 2 aliphatic rings. The second-order valence-electron chi connectivity index (χ2n) is 8.49. The maximum atomic E-state index is 12.2. The van der Waals surface area contributed by atoms with Crippen LogP contribution in [0.15, 0.2) is 54.6 Å². The average Bonchev–Trinajstić information content (AvgIpc) is 2.88. The lowest BCUT2D eigenvalue weighted by atomic mass is 10.1. The van der Waals surface area contributed by atoms with E-state index >= 15 is 0 Å². The fourth-order valence-electron chi connectivity index (χ4n) is 4.38. The number of carbonyl (C=O) groups excluding carboxylic acids is 1. The Kier molecular flexibility index (Phi) is 7.74. The van der Waals surface area contributed by atoms with Crippen molar-refractivity contribution >= 4 is 46.4 Å². The van der Waals surface area contributed by atoms with Crippen molar-refractivity contribution in [2.45, 2.75) is 19.3 Å². The number of piperidine rings is 1. The number of piperazine rings is 1. The van der Waals surface area contributed by atoms with Crippen LogP contribution in [-0.2, 0) is 4.79 Å². The van der Waals surface area contributed by atoms with Gasteiger partial charge in [0.1, 0.15) is 5.69 Å². The quantitative estimate of drug-likeness (QED) is 0.302. The van der Waals surface area contributed by atoms with E-state index in [9.17, 15) is 14.9 Å². The number of rotatable bonds is 5. The fourth-order valence-corrected chi connectivity index (χ4v) is 4.66. The van der Waals surface area contributed by atoms with Gasteiger partial charge in [-0.15, -0.1) is 0 Å². The number of carbonyl (C=O) groups is 1. The van der Waals surface area contributed by atoms with E-state index in [1.165, 1.54) is 12.5 Å². The molecule has 4 rings (SSSR count). The molecule has 0 unspecified atom stereocenters. The Morgan fingerprint density at radius 1 is 0.941 bits per heavy atom. The summed E-state index contributed by atoms with van der Waals surface area (Å²) >= 11 is 5.45. The van der Waals surface area contributed by atoms with Crippen LogP contribution in [0.25, 0.3) is 6.08 Å². The highest BCUT2D eigenvalue weighted by atomic mass is 32.1. The second kappa shape index (κ2) is 11.1. The van der Waals surface area contributed by atoms with Crippen LogP contribution in [0.3, 0.4) is 0 Å². The van der Waals surface area contributed by atoms with Crippen LogP contribution in [0.1, 0.15) is 24.8 Å². The van der Waals surface area contributed by atoms with Gasteiger partial charge in [0, 0.05) is 57.1 Å². The summed E-state index contributed by atoms with van der Waals surface area (Å²) in [6.45, 7) is 4.46. The molecule has 0 saturated carbocycles. The molecule has 2 aromatic rings. The van der Waals surface area contributed by atoms with Gasteiger partial charge in [-0.25, -0.2) is 0 Å². The van der Waals surface area contributed by atoms with E-state index in [0.29, 0.717) is 37.0 Å². The Balaban J connectivity index is 1.35. The Hall–Kier alpha value is -3.46. The fraction of sp³-hybridized carbons (Fsp3) is 0.360. The van der Waals surface area contributed by atoms with Gasteiger partial charge in [0.25, 0.3) is 5.69 Å². The largest absolute Gasteiger partial charge is 0.368 e. The van der Waals surface area contributed by atoms with Crippen molar-refractivity contribution < 1.29 is 9.72 Å². The van der Waals surface area contributed by atoms with E-state index in [-0.39, 0.29) is 16.5 Å². The van der Waals surface area contributed by atoms with Crippen LogP contribution >= 0.6 is 12.2 Å². The van der Waals surface area contributed by atoms with Crippen molar-refractivity contribution in [3.05, 3.63) is 70.3 Å². The standard InChI is InChI=1S/C25H29N5O3S/c31-24(12-9-20-7-3-1-4-8-20)26-25(34)29-17-15-27(16-18-29)21-10-11-22(30(32)33)23(19-21)28-13-5-2-6-14-28/h1,3-4,7-12,19H,2,5-6,13-18H2,(H,26,31,34). The van der Waals surface area contributed by atoms with Crippen molar-refractivity contribution in [1.29, 1.82) is 0 Å². The highest BCUT2D eigenvalue weighted by molar-refractivity contribution is 7.80. The molecule has 2 heterocycles. The number of nitrogens with zero attached hydrogens (tertiary/aromatic N) is 4. The van der Waals surface area contributed by atoms with Gasteiger partial charge < -0.3 is 14.7 Å². The van der Waals surface area contributed by atoms with Gasteiger partial charge in [-0.3, -0.25) is 20.2 Å². The molecule has 178 valence electrons. The summed E-state index contributed by atoms with van der Waals surface area (Å²) in [6, 6.07) is 15.0. The van der Waals surface area contributed by atoms with Crippen molar-refractivity contribution in [1.82, 2.24) is 10.2 Å². The summed E-state index contributed by atoms with van der Waals surface area (Å²) in [6.07, 6.45) is 6.53. The zero-order valence-corrected chi connectivity index (χ0v) is 19.9. The molecule has 0 spiro atoms. The normalized spacial score (nSPS) is 16.5. The Morgan fingerprint density at radius 2 is 1.65 bits per heavy atom. The van der Waals surface area contributed by atoms with Crippen molar-refractivity contribution in [2.24, 2.45) is 0 Å². The molecule has 0 aliphatic carbocycles. The molecule has 2 fully saturated rings. The van der Waals surface area contributed by atoms with Crippen LogP contribution < -0.4 is 15.1 Å². The molecule has 2 aliphatic heterocycles. The van der Waals surface area contributed by atoms with Crippen LogP contribution in [-0.4, -0.2) is 60.1 Å². The number of anilines is 2. The van der Waals surface area contributed by atoms with E-state index in [2.05, 4.69) is 15.1 Å². The molecule has 0 aromatic heterocycles. The van der Waals surface area contributed by atoms with Gasteiger partial charge in [0.15, 0.2) is 5.11 Å². The molecule has 9 heteroatoms. The van der Waals surface area contributed by atoms with Crippen LogP contribution in [0, 0.1) is 10.1 Å². The summed E-state index contributed by atoms with van der Waals surface area (Å²) in [5, 5.41) is 14.8. The Morgan fingerprint density at radius 3 is 2.32 bits per heavy atom. The Bertz CT molecular complexity index is 1060. The molecule has 2 aromatic carbocycles. The zero-order valence-electron chi connectivity index (χ0n) is 19.1. The van der Waals surface area contributed by atoms with Gasteiger partial charge in [-0.2, -0.15) is 0 Å². The number of benzene rings is 2. The predicted octanol–water partition coefficient (Wildman–Crippen LogP) is 3.82. The van der Waals surface area contributed by atoms with Crippen LogP contribution in [0.4, 0.5) is 17.1 Å². The number of hydrogen-bond acceptors (Lipinski definition) is 6. The van der Waals surface area contributed by atoms with E-state index in [1.807, 2.05) is 47.4 Å². The third kappa shape index (κ3) is 5.91.